The van der Waals surface area contributed by atoms with Crippen molar-refractivity contribution in [3.8, 4) is 5.75 Å². The molecule has 6 heteroatoms. The SMILES string of the molecule is C[C@H]1C[C@@](O)(c2ccc3c(c2)OC(C)(C)C3)C[C@@H](c2cn(C)nn2)N1. The van der Waals surface area contributed by atoms with Gasteiger partial charge >= 0.3 is 0 Å². The summed E-state index contributed by atoms with van der Waals surface area (Å²) in [6, 6.07) is 6.33. The molecule has 0 saturated carbocycles. The number of nitrogens with one attached hydrogen (secondary N) is 1. The zero-order valence-electron chi connectivity index (χ0n) is 15.3. The molecule has 2 aromatic rings. The molecule has 2 N–H and O–H groups in total. The normalized spacial score (nSPS) is 30.8. The van der Waals surface area contributed by atoms with Crippen LogP contribution in [0.4, 0.5) is 0 Å². The molecule has 0 aliphatic carbocycles. The number of rotatable bonds is 2. The summed E-state index contributed by atoms with van der Waals surface area (Å²) in [5.41, 5.74) is 1.92. The maximum absolute atomic E-state index is 11.5. The quantitative estimate of drug-likeness (QED) is 0.876. The molecule has 3 heterocycles. The molecule has 25 heavy (non-hydrogen) atoms. The monoisotopic (exact) mass is 342 g/mol. The molecule has 0 unspecified atom stereocenters. The molecule has 1 saturated heterocycles. The van der Waals surface area contributed by atoms with E-state index in [0.717, 1.165) is 23.4 Å². The number of nitrogens with zero attached hydrogens (tertiary/aromatic N) is 3. The van der Waals surface area contributed by atoms with Gasteiger partial charge in [0.05, 0.1) is 17.3 Å². The predicted molar refractivity (Wildman–Crippen MR) is 94.3 cm³/mol. The summed E-state index contributed by atoms with van der Waals surface area (Å²) in [5, 5.41) is 23.2. The lowest BCUT2D eigenvalue weighted by atomic mass is 9.78. The van der Waals surface area contributed by atoms with Crippen LogP contribution in [0.3, 0.4) is 0 Å². The largest absolute Gasteiger partial charge is 0.487 e. The van der Waals surface area contributed by atoms with E-state index in [2.05, 4.69) is 48.5 Å². The van der Waals surface area contributed by atoms with E-state index >= 15 is 0 Å². The minimum Gasteiger partial charge on any atom is -0.487 e. The molecule has 2 aliphatic rings. The smallest absolute Gasteiger partial charge is 0.123 e. The number of aromatic nitrogens is 3. The molecule has 134 valence electrons. The summed E-state index contributed by atoms with van der Waals surface area (Å²) in [6.07, 6.45) is 4.04. The van der Waals surface area contributed by atoms with E-state index in [4.69, 9.17) is 4.74 Å². The highest BCUT2D eigenvalue weighted by Gasteiger charge is 2.41. The zero-order valence-corrected chi connectivity index (χ0v) is 15.3. The Morgan fingerprint density at radius 3 is 2.84 bits per heavy atom. The number of aryl methyl sites for hydroxylation is 1. The van der Waals surface area contributed by atoms with E-state index in [1.165, 1.54) is 5.56 Å². The van der Waals surface area contributed by atoms with Crippen molar-refractivity contribution in [2.75, 3.05) is 0 Å². The van der Waals surface area contributed by atoms with Crippen molar-refractivity contribution in [3.05, 3.63) is 41.2 Å². The first-order valence-electron chi connectivity index (χ1n) is 8.91. The van der Waals surface area contributed by atoms with Crippen molar-refractivity contribution in [1.29, 1.82) is 0 Å². The van der Waals surface area contributed by atoms with Gasteiger partial charge in [0.2, 0.25) is 0 Å². The Morgan fingerprint density at radius 2 is 2.12 bits per heavy atom. The highest BCUT2D eigenvalue weighted by Crippen LogP contribution is 2.43. The number of benzene rings is 1. The minimum absolute atomic E-state index is 0.0203. The molecule has 2 aliphatic heterocycles. The third-order valence-electron chi connectivity index (χ3n) is 5.26. The topological polar surface area (TPSA) is 72.2 Å². The second-order valence-electron chi connectivity index (χ2n) is 8.24. The second kappa shape index (κ2) is 5.54. The van der Waals surface area contributed by atoms with Crippen LogP contribution in [0.2, 0.25) is 0 Å². The first-order chi connectivity index (χ1) is 11.7. The van der Waals surface area contributed by atoms with Gasteiger partial charge in [-0.25, -0.2) is 0 Å². The number of aliphatic hydroxyl groups is 1. The van der Waals surface area contributed by atoms with Gasteiger partial charge < -0.3 is 15.2 Å². The second-order valence-corrected chi connectivity index (χ2v) is 8.24. The van der Waals surface area contributed by atoms with Crippen LogP contribution in [0.5, 0.6) is 5.75 Å². The van der Waals surface area contributed by atoms with Gasteiger partial charge in [0.1, 0.15) is 11.4 Å². The summed E-state index contributed by atoms with van der Waals surface area (Å²) in [4.78, 5) is 0. The maximum Gasteiger partial charge on any atom is 0.123 e. The molecular formula is C19H26N4O2. The van der Waals surface area contributed by atoms with E-state index < -0.39 is 5.60 Å². The first-order valence-corrected chi connectivity index (χ1v) is 8.91. The maximum atomic E-state index is 11.5. The van der Waals surface area contributed by atoms with Crippen LogP contribution >= 0.6 is 0 Å². The molecule has 0 amide bonds. The van der Waals surface area contributed by atoms with Gasteiger partial charge in [-0.1, -0.05) is 17.3 Å². The van der Waals surface area contributed by atoms with Gasteiger partial charge in [-0.3, -0.25) is 4.68 Å². The van der Waals surface area contributed by atoms with E-state index in [1.807, 2.05) is 19.3 Å². The average Bonchev–Trinajstić information content (AvgIpc) is 3.06. The van der Waals surface area contributed by atoms with Crippen molar-refractivity contribution < 1.29 is 9.84 Å². The van der Waals surface area contributed by atoms with Gasteiger partial charge in [0.15, 0.2) is 0 Å². The van der Waals surface area contributed by atoms with Crippen molar-refractivity contribution in [3.63, 3.8) is 0 Å². The van der Waals surface area contributed by atoms with Crippen LogP contribution in [0, 0.1) is 0 Å². The molecular weight excluding hydrogens is 316 g/mol. The molecule has 0 spiro atoms. The Kier molecular flexibility index (Phi) is 3.67. The Hall–Kier alpha value is -1.92. The summed E-state index contributed by atoms with van der Waals surface area (Å²) < 4.78 is 7.76. The van der Waals surface area contributed by atoms with Gasteiger partial charge in [0, 0.05) is 32.1 Å². The lowest BCUT2D eigenvalue weighted by Crippen LogP contribution is -2.47. The summed E-state index contributed by atoms with van der Waals surface area (Å²) in [6.45, 7) is 6.29. The van der Waals surface area contributed by atoms with Crippen LogP contribution in [0.1, 0.15) is 56.5 Å². The number of piperidine rings is 1. The van der Waals surface area contributed by atoms with Crippen LogP contribution in [-0.4, -0.2) is 31.7 Å². The lowest BCUT2D eigenvalue weighted by Gasteiger charge is -2.41. The minimum atomic E-state index is -0.905. The third kappa shape index (κ3) is 3.04. The molecule has 0 bridgehead atoms. The number of ether oxygens (including phenoxy) is 1. The zero-order chi connectivity index (χ0) is 17.8. The predicted octanol–water partition coefficient (Wildman–Crippen LogP) is 2.23. The average molecular weight is 342 g/mol. The van der Waals surface area contributed by atoms with Crippen molar-refractivity contribution in [2.45, 2.75) is 63.3 Å². The summed E-state index contributed by atoms with van der Waals surface area (Å²) in [5.74, 6) is 0.901. The van der Waals surface area contributed by atoms with Crippen LogP contribution in [-0.2, 0) is 19.1 Å². The van der Waals surface area contributed by atoms with Gasteiger partial charge in [-0.2, -0.15) is 0 Å². The van der Waals surface area contributed by atoms with Crippen molar-refractivity contribution in [1.82, 2.24) is 20.3 Å². The highest BCUT2D eigenvalue weighted by atomic mass is 16.5. The fourth-order valence-electron chi connectivity index (χ4n) is 4.22. The van der Waals surface area contributed by atoms with Crippen LogP contribution in [0.15, 0.2) is 24.4 Å². The fourth-order valence-corrected chi connectivity index (χ4v) is 4.22. The molecule has 1 aromatic carbocycles. The Labute approximate surface area is 148 Å². The molecule has 6 nitrogen and oxygen atoms in total. The Bertz CT molecular complexity index is 800. The van der Waals surface area contributed by atoms with E-state index in [9.17, 15) is 5.11 Å². The standard InChI is InChI=1S/C19H26N4O2/c1-12-8-19(24,10-15(20-12)16-11-23(4)22-21-16)14-6-5-13-9-18(2,3)25-17(13)7-14/h5-7,11-12,15,20,24H,8-10H2,1-4H3/t12-,15-,19-/m0/s1. The molecule has 1 fully saturated rings. The van der Waals surface area contributed by atoms with Gasteiger partial charge in [0.25, 0.3) is 0 Å². The summed E-state index contributed by atoms with van der Waals surface area (Å²) in [7, 11) is 1.86. The van der Waals surface area contributed by atoms with E-state index in [-0.39, 0.29) is 17.7 Å². The molecule has 1 aromatic heterocycles. The molecule has 0 radical (unpaired) electrons. The van der Waals surface area contributed by atoms with Gasteiger partial charge in [-0.15, -0.1) is 5.10 Å². The fraction of sp³-hybridized carbons (Fsp3) is 0.579. The van der Waals surface area contributed by atoms with Crippen molar-refractivity contribution >= 4 is 0 Å². The lowest BCUT2D eigenvalue weighted by molar-refractivity contribution is -0.0238. The summed E-state index contributed by atoms with van der Waals surface area (Å²) >= 11 is 0. The van der Waals surface area contributed by atoms with Crippen LogP contribution < -0.4 is 10.1 Å². The van der Waals surface area contributed by atoms with E-state index in [0.29, 0.717) is 12.8 Å². The molecule has 3 atom stereocenters. The number of hydrogen-bond acceptors (Lipinski definition) is 5. The van der Waals surface area contributed by atoms with E-state index in [1.54, 1.807) is 4.68 Å². The number of fused-ring (bicyclic) bond motifs is 1. The Balaban J connectivity index is 1.65. The van der Waals surface area contributed by atoms with Crippen molar-refractivity contribution in [2.24, 2.45) is 7.05 Å². The number of hydrogen-bond donors (Lipinski definition) is 2. The third-order valence-corrected chi connectivity index (χ3v) is 5.26. The van der Waals surface area contributed by atoms with Crippen LogP contribution in [0.25, 0.3) is 0 Å². The Morgan fingerprint density at radius 1 is 1.32 bits per heavy atom. The highest BCUT2D eigenvalue weighted by molar-refractivity contribution is 5.44. The first kappa shape index (κ1) is 16.5. The molecule has 4 rings (SSSR count). The van der Waals surface area contributed by atoms with Gasteiger partial charge in [-0.05, 0) is 44.4 Å².